The molecule has 0 saturated heterocycles. The first-order valence-corrected chi connectivity index (χ1v) is 22.3. The third kappa shape index (κ3) is 39.2. The quantitative estimate of drug-likeness (QED) is 0.0272. The van der Waals surface area contributed by atoms with Crippen LogP contribution in [-0.2, 0) is 32.7 Å². The Labute approximate surface area is 323 Å². The molecule has 1 unspecified atom stereocenters. The van der Waals surface area contributed by atoms with Crippen LogP contribution in [-0.4, -0.2) is 49.3 Å². The molecule has 53 heavy (non-hydrogen) atoms. The molecule has 0 radical (unpaired) electrons. The molecule has 0 amide bonds. The molecule has 0 fully saturated rings. The Morgan fingerprint density at radius 3 is 1.60 bits per heavy atom. The van der Waals surface area contributed by atoms with Gasteiger partial charge in [-0.1, -0.05) is 145 Å². The molecule has 0 spiro atoms. The van der Waals surface area contributed by atoms with Gasteiger partial charge in [-0.3, -0.25) is 18.6 Å². The number of ether oxygens (including phenoxy) is 2. The predicted octanol–water partition coefficient (Wildman–Crippen LogP) is 11.7. The maximum Gasteiger partial charge on any atom is 0.472 e. The first-order valence-electron chi connectivity index (χ1n) is 20.8. The zero-order valence-electron chi connectivity index (χ0n) is 33.5. The molecule has 0 aromatic carbocycles. The van der Waals surface area contributed by atoms with Crippen molar-refractivity contribution in [3.05, 3.63) is 60.8 Å². The summed E-state index contributed by atoms with van der Waals surface area (Å²) in [6.07, 6.45) is 45.5. The highest BCUT2D eigenvalue weighted by atomic mass is 31.2. The summed E-state index contributed by atoms with van der Waals surface area (Å²) in [5.41, 5.74) is 5.34. The van der Waals surface area contributed by atoms with Gasteiger partial charge < -0.3 is 20.1 Å². The van der Waals surface area contributed by atoms with Gasteiger partial charge in [0.05, 0.1) is 13.2 Å². The SMILES string of the molecule is CC/C=C/C/C=C/C/C=C/CCCCCCCC(=O)O[C@H](COC(=O)CCC/C=C/C/C=C/CCCCCCCCCCC)COP(=O)(O)OCCN. The van der Waals surface area contributed by atoms with Crippen molar-refractivity contribution >= 4 is 19.8 Å². The molecule has 306 valence electrons. The van der Waals surface area contributed by atoms with Gasteiger partial charge in [0.2, 0.25) is 0 Å². The fourth-order valence-electron chi connectivity index (χ4n) is 5.33. The van der Waals surface area contributed by atoms with Crippen LogP contribution in [0, 0.1) is 0 Å². The average Bonchev–Trinajstić information content (AvgIpc) is 3.14. The van der Waals surface area contributed by atoms with Crippen LogP contribution in [0.15, 0.2) is 60.8 Å². The van der Waals surface area contributed by atoms with E-state index in [1.807, 2.05) is 0 Å². The van der Waals surface area contributed by atoms with Crippen LogP contribution >= 0.6 is 7.82 Å². The maximum atomic E-state index is 12.5. The second-order valence-electron chi connectivity index (χ2n) is 13.5. The van der Waals surface area contributed by atoms with E-state index in [2.05, 4.69) is 74.6 Å². The molecule has 0 aromatic rings. The molecule has 10 heteroatoms. The number of hydrogen-bond acceptors (Lipinski definition) is 8. The molecule has 3 N–H and O–H groups in total. The summed E-state index contributed by atoms with van der Waals surface area (Å²) in [5.74, 6) is -0.906. The lowest BCUT2D eigenvalue weighted by Gasteiger charge is -2.19. The monoisotopic (exact) mass is 766 g/mol. The molecule has 0 bridgehead atoms. The summed E-state index contributed by atoms with van der Waals surface area (Å²) in [5, 5.41) is 0. The van der Waals surface area contributed by atoms with Crippen LogP contribution in [0.1, 0.15) is 168 Å². The summed E-state index contributed by atoms with van der Waals surface area (Å²) in [6, 6.07) is 0. The average molecular weight is 766 g/mol. The highest BCUT2D eigenvalue weighted by molar-refractivity contribution is 7.47. The van der Waals surface area contributed by atoms with E-state index < -0.39 is 32.5 Å². The van der Waals surface area contributed by atoms with Crippen molar-refractivity contribution in [1.29, 1.82) is 0 Å². The summed E-state index contributed by atoms with van der Waals surface area (Å²) in [7, 11) is -4.39. The summed E-state index contributed by atoms with van der Waals surface area (Å²) >= 11 is 0. The smallest absolute Gasteiger partial charge is 0.462 e. The fourth-order valence-corrected chi connectivity index (χ4v) is 6.10. The van der Waals surface area contributed by atoms with Crippen LogP contribution in [0.2, 0.25) is 0 Å². The molecule has 0 saturated carbocycles. The Bertz CT molecular complexity index is 1050. The van der Waals surface area contributed by atoms with E-state index in [0.29, 0.717) is 12.8 Å². The fraction of sp³-hybridized carbons (Fsp3) is 0.721. The zero-order valence-corrected chi connectivity index (χ0v) is 34.4. The lowest BCUT2D eigenvalue weighted by Crippen LogP contribution is -2.29. The highest BCUT2D eigenvalue weighted by Crippen LogP contribution is 2.43. The Hall–Kier alpha value is -2.29. The minimum absolute atomic E-state index is 0.0426. The number of rotatable bonds is 38. The molecule has 0 rings (SSSR count). The highest BCUT2D eigenvalue weighted by Gasteiger charge is 2.25. The van der Waals surface area contributed by atoms with Crippen LogP contribution in [0.4, 0.5) is 0 Å². The van der Waals surface area contributed by atoms with Gasteiger partial charge in [0.15, 0.2) is 6.10 Å². The van der Waals surface area contributed by atoms with Gasteiger partial charge in [0.25, 0.3) is 0 Å². The van der Waals surface area contributed by atoms with E-state index in [9.17, 15) is 19.0 Å². The van der Waals surface area contributed by atoms with Crippen molar-refractivity contribution in [2.75, 3.05) is 26.4 Å². The first-order chi connectivity index (χ1) is 25.8. The normalized spacial score (nSPS) is 14.0. The summed E-state index contributed by atoms with van der Waals surface area (Å²) < 4.78 is 32.7. The Kier molecular flexibility index (Phi) is 37.7. The second-order valence-corrected chi connectivity index (χ2v) is 14.9. The van der Waals surface area contributed by atoms with Crippen molar-refractivity contribution in [3.63, 3.8) is 0 Å². The molecular weight excluding hydrogens is 689 g/mol. The first kappa shape index (κ1) is 50.7. The molecule has 2 atom stereocenters. The van der Waals surface area contributed by atoms with Gasteiger partial charge in [0.1, 0.15) is 6.61 Å². The number of esters is 2. The molecule has 0 aromatic heterocycles. The summed E-state index contributed by atoms with van der Waals surface area (Å²) in [6.45, 7) is 3.54. The molecule has 0 heterocycles. The number of unbranched alkanes of at least 4 members (excludes halogenated alkanes) is 15. The Morgan fingerprint density at radius 1 is 0.585 bits per heavy atom. The van der Waals surface area contributed by atoms with E-state index in [0.717, 1.165) is 70.6 Å². The van der Waals surface area contributed by atoms with Crippen LogP contribution in [0.25, 0.3) is 0 Å². The number of phosphoric acid groups is 1. The topological polar surface area (TPSA) is 134 Å². The number of carbonyl (C=O) groups is 2. The van der Waals surface area contributed by atoms with Crippen molar-refractivity contribution in [2.24, 2.45) is 5.73 Å². The van der Waals surface area contributed by atoms with E-state index in [1.165, 1.54) is 57.8 Å². The van der Waals surface area contributed by atoms with Crippen LogP contribution < -0.4 is 5.73 Å². The van der Waals surface area contributed by atoms with Crippen LogP contribution in [0.3, 0.4) is 0 Å². The van der Waals surface area contributed by atoms with E-state index in [4.69, 9.17) is 24.3 Å². The van der Waals surface area contributed by atoms with E-state index in [-0.39, 0.29) is 32.6 Å². The van der Waals surface area contributed by atoms with Crippen molar-refractivity contribution in [3.8, 4) is 0 Å². The van der Waals surface area contributed by atoms with E-state index >= 15 is 0 Å². The minimum Gasteiger partial charge on any atom is -0.462 e. The second kappa shape index (κ2) is 39.4. The van der Waals surface area contributed by atoms with Gasteiger partial charge in [-0.25, -0.2) is 4.57 Å². The number of nitrogens with two attached hydrogens (primary N) is 1. The Balaban J connectivity index is 4.27. The van der Waals surface area contributed by atoms with Crippen LogP contribution in [0.5, 0.6) is 0 Å². The molecule has 0 aliphatic rings. The van der Waals surface area contributed by atoms with Crippen molar-refractivity contribution < 1.29 is 37.6 Å². The molecule has 0 aliphatic heterocycles. The van der Waals surface area contributed by atoms with Crippen molar-refractivity contribution in [2.45, 2.75) is 174 Å². The third-order valence-electron chi connectivity index (χ3n) is 8.39. The zero-order chi connectivity index (χ0) is 38.9. The molecular formula is C43H76NO8P. The van der Waals surface area contributed by atoms with Gasteiger partial charge >= 0.3 is 19.8 Å². The number of hydrogen-bond donors (Lipinski definition) is 2. The Morgan fingerprint density at radius 2 is 1.06 bits per heavy atom. The predicted molar refractivity (Wildman–Crippen MR) is 219 cm³/mol. The third-order valence-corrected chi connectivity index (χ3v) is 9.37. The largest absolute Gasteiger partial charge is 0.472 e. The molecule has 9 nitrogen and oxygen atoms in total. The van der Waals surface area contributed by atoms with Gasteiger partial charge in [-0.05, 0) is 70.6 Å². The van der Waals surface area contributed by atoms with E-state index in [1.54, 1.807) is 0 Å². The van der Waals surface area contributed by atoms with Crippen molar-refractivity contribution in [1.82, 2.24) is 0 Å². The van der Waals surface area contributed by atoms with Gasteiger partial charge in [-0.2, -0.15) is 0 Å². The lowest BCUT2D eigenvalue weighted by molar-refractivity contribution is -0.161. The summed E-state index contributed by atoms with van der Waals surface area (Å²) in [4.78, 5) is 34.8. The number of carbonyl (C=O) groups excluding carboxylic acids is 2. The maximum absolute atomic E-state index is 12.5. The van der Waals surface area contributed by atoms with Gasteiger partial charge in [-0.15, -0.1) is 0 Å². The van der Waals surface area contributed by atoms with Gasteiger partial charge in [0, 0.05) is 19.4 Å². The number of phosphoric ester groups is 1. The lowest BCUT2D eigenvalue weighted by atomic mass is 10.1. The molecule has 0 aliphatic carbocycles. The number of allylic oxidation sites excluding steroid dienone is 10. The minimum atomic E-state index is -4.39. The standard InChI is InChI=1S/C43H76NO8P/c1-3-5-7-9-11-13-15-17-19-20-22-23-25-27-29-31-33-35-42(45)49-39-41(40-51-53(47,48)50-38-37-44)52-43(46)36-34-32-30-28-26-24-21-18-16-14-12-10-8-6-4-2/h6,8,12,14,18,21-23,27,29,41H,3-5,7,9-11,13,15-17,19-20,24-26,28,30-40,44H2,1-2H3,(H,47,48)/b8-6+,14-12+,21-18+,23-22+,29-27+/t41-/m1/s1.